The molecule has 0 heterocycles. The fraction of sp³-hybridized carbons (Fsp3) is 0.333. The first-order valence-electron chi connectivity index (χ1n) is 7.33. The van der Waals surface area contributed by atoms with Gasteiger partial charge in [0.25, 0.3) is 0 Å². The number of hydrogen-bond acceptors (Lipinski definition) is 2. The molecule has 2 heteroatoms. The highest BCUT2D eigenvalue weighted by atomic mass is 16.5. The smallest absolute Gasteiger partial charge is 0.124 e. The average molecular weight is 267 g/mol. The van der Waals surface area contributed by atoms with Crippen molar-refractivity contribution < 1.29 is 4.74 Å². The Morgan fingerprint density at radius 2 is 1.80 bits per heavy atom. The van der Waals surface area contributed by atoms with E-state index in [1.165, 1.54) is 12.0 Å². The molecule has 0 aliphatic heterocycles. The molecule has 3 rings (SSSR count). The Bertz CT molecular complexity index is 567. The van der Waals surface area contributed by atoms with Crippen molar-refractivity contribution >= 4 is 0 Å². The minimum atomic E-state index is 0.0583. The molecule has 2 aromatic carbocycles. The summed E-state index contributed by atoms with van der Waals surface area (Å²) in [5, 5.41) is 0. The molecule has 0 aromatic heterocycles. The summed E-state index contributed by atoms with van der Waals surface area (Å²) in [5.41, 5.74) is 9.02. The Hall–Kier alpha value is -1.80. The molecular formula is C18H21NO. The summed E-state index contributed by atoms with van der Waals surface area (Å²) < 4.78 is 5.70. The molecule has 1 fully saturated rings. The molecule has 0 radical (unpaired) electrons. The molecule has 0 saturated heterocycles. The van der Waals surface area contributed by atoms with Crippen LogP contribution in [0.25, 0.3) is 0 Å². The molecule has 2 nitrogen and oxygen atoms in total. The first-order chi connectivity index (χ1) is 9.81. The van der Waals surface area contributed by atoms with E-state index in [9.17, 15) is 0 Å². The van der Waals surface area contributed by atoms with Crippen LogP contribution in [0.4, 0.5) is 0 Å². The van der Waals surface area contributed by atoms with Crippen LogP contribution in [0.15, 0.2) is 54.6 Å². The standard InChI is InChI=1S/C18H21NO/c1-2-20-17-11-7-6-10-14(17)18(19)16-12-15(16)13-8-4-3-5-9-13/h3-11,15-16,18H,2,12,19H2,1H3. The average Bonchev–Trinajstić information content (AvgIpc) is 3.29. The van der Waals surface area contributed by atoms with Gasteiger partial charge in [-0.1, -0.05) is 48.5 Å². The molecule has 2 aromatic rings. The molecule has 1 aliphatic rings. The largest absolute Gasteiger partial charge is 0.494 e. The zero-order valence-electron chi connectivity index (χ0n) is 11.8. The van der Waals surface area contributed by atoms with E-state index in [0.717, 1.165) is 11.3 Å². The maximum atomic E-state index is 6.48. The summed E-state index contributed by atoms with van der Waals surface area (Å²) in [6, 6.07) is 18.9. The minimum absolute atomic E-state index is 0.0583. The quantitative estimate of drug-likeness (QED) is 0.892. The summed E-state index contributed by atoms with van der Waals surface area (Å²) in [6.45, 7) is 2.68. The van der Waals surface area contributed by atoms with Crippen molar-refractivity contribution in [2.75, 3.05) is 6.61 Å². The molecule has 20 heavy (non-hydrogen) atoms. The number of benzene rings is 2. The molecule has 0 amide bonds. The highest BCUT2D eigenvalue weighted by Crippen LogP contribution is 2.54. The van der Waals surface area contributed by atoms with E-state index in [1.807, 2.05) is 25.1 Å². The Morgan fingerprint density at radius 3 is 2.55 bits per heavy atom. The Morgan fingerprint density at radius 1 is 1.10 bits per heavy atom. The first kappa shape index (κ1) is 13.2. The molecule has 3 unspecified atom stereocenters. The second kappa shape index (κ2) is 5.68. The van der Waals surface area contributed by atoms with E-state index in [-0.39, 0.29) is 6.04 Å². The third kappa shape index (κ3) is 2.56. The van der Waals surface area contributed by atoms with Gasteiger partial charge in [-0.2, -0.15) is 0 Å². The fourth-order valence-electron chi connectivity index (χ4n) is 2.97. The van der Waals surface area contributed by atoms with Gasteiger partial charge >= 0.3 is 0 Å². The molecular weight excluding hydrogens is 246 g/mol. The van der Waals surface area contributed by atoms with E-state index in [2.05, 4.69) is 36.4 Å². The van der Waals surface area contributed by atoms with Crippen molar-refractivity contribution in [2.24, 2.45) is 11.7 Å². The highest BCUT2D eigenvalue weighted by Gasteiger charge is 2.43. The summed E-state index contributed by atoms with van der Waals surface area (Å²) in [7, 11) is 0. The van der Waals surface area contributed by atoms with Gasteiger partial charge in [-0.3, -0.25) is 0 Å². The van der Waals surface area contributed by atoms with Crippen LogP contribution in [0.3, 0.4) is 0 Å². The lowest BCUT2D eigenvalue weighted by Crippen LogP contribution is -2.15. The van der Waals surface area contributed by atoms with E-state index in [1.54, 1.807) is 0 Å². The lowest BCUT2D eigenvalue weighted by Gasteiger charge is -2.16. The molecule has 1 saturated carbocycles. The Balaban J connectivity index is 1.76. The van der Waals surface area contributed by atoms with E-state index < -0.39 is 0 Å². The van der Waals surface area contributed by atoms with Gasteiger partial charge in [-0.05, 0) is 36.8 Å². The fourth-order valence-corrected chi connectivity index (χ4v) is 2.97. The molecule has 0 bridgehead atoms. The van der Waals surface area contributed by atoms with E-state index in [4.69, 9.17) is 10.5 Å². The van der Waals surface area contributed by atoms with Crippen LogP contribution < -0.4 is 10.5 Å². The highest BCUT2D eigenvalue weighted by molar-refractivity contribution is 5.38. The predicted octanol–water partition coefficient (Wildman–Crippen LogP) is 3.89. The number of ether oxygens (including phenoxy) is 1. The van der Waals surface area contributed by atoms with Crippen LogP contribution in [0.1, 0.15) is 36.4 Å². The van der Waals surface area contributed by atoms with Crippen LogP contribution >= 0.6 is 0 Å². The minimum Gasteiger partial charge on any atom is -0.494 e. The summed E-state index contributed by atoms with van der Waals surface area (Å²) >= 11 is 0. The number of para-hydroxylation sites is 1. The van der Waals surface area contributed by atoms with Crippen LogP contribution in [0.2, 0.25) is 0 Å². The van der Waals surface area contributed by atoms with Gasteiger partial charge in [0.1, 0.15) is 5.75 Å². The van der Waals surface area contributed by atoms with Crippen molar-refractivity contribution in [3.05, 3.63) is 65.7 Å². The number of rotatable bonds is 5. The Labute approximate surface area is 120 Å². The van der Waals surface area contributed by atoms with Gasteiger partial charge in [0.2, 0.25) is 0 Å². The lowest BCUT2D eigenvalue weighted by molar-refractivity contribution is 0.332. The third-order valence-electron chi connectivity index (χ3n) is 4.11. The van der Waals surface area contributed by atoms with Gasteiger partial charge in [0.05, 0.1) is 6.61 Å². The number of nitrogens with two attached hydrogens (primary N) is 1. The van der Waals surface area contributed by atoms with Crippen LogP contribution in [0, 0.1) is 5.92 Å². The third-order valence-corrected chi connectivity index (χ3v) is 4.11. The zero-order valence-corrected chi connectivity index (χ0v) is 11.8. The predicted molar refractivity (Wildman–Crippen MR) is 81.8 cm³/mol. The van der Waals surface area contributed by atoms with Crippen LogP contribution in [-0.4, -0.2) is 6.61 Å². The molecule has 1 aliphatic carbocycles. The van der Waals surface area contributed by atoms with Gasteiger partial charge < -0.3 is 10.5 Å². The lowest BCUT2D eigenvalue weighted by atomic mass is 9.99. The van der Waals surface area contributed by atoms with Gasteiger partial charge in [-0.15, -0.1) is 0 Å². The second-order valence-electron chi connectivity index (χ2n) is 5.41. The normalized spacial score (nSPS) is 22.3. The maximum absolute atomic E-state index is 6.48. The molecule has 3 atom stereocenters. The van der Waals surface area contributed by atoms with Crippen molar-refractivity contribution in [1.29, 1.82) is 0 Å². The molecule has 0 spiro atoms. The van der Waals surface area contributed by atoms with Gasteiger partial charge in [-0.25, -0.2) is 0 Å². The van der Waals surface area contributed by atoms with Crippen molar-refractivity contribution in [1.82, 2.24) is 0 Å². The summed E-state index contributed by atoms with van der Waals surface area (Å²) in [6.07, 6.45) is 1.17. The summed E-state index contributed by atoms with van der Waals surface area (Å²) in [5.74, 6) is 2.06. The van der Waals surface area contributed by atoms with Gasteiger partial charge in [0.15, 0.2) is 0 Å². The molecule has 2 N–H and O–H groups in total. The Kier molecular flexibility index (Phi) is 3.75. The van der Waals surface area contributed by atoms with E-state index in [0.29, 0.717) is 18.4 Å². The van der Waals surface area contributed by atoms with Crippen molar-refractivity contribution in [2.45, 2.75) is 25.3 Å². The maximum Gasteiger partial charge on any atom is 0.124 e. The topological polar surface area (TPSA) is 35.2 Å². The zero-order chi connectivity index (χ0) is 13.9. The van der Waals surface area contributed by atoms with Crippen LogP contribution in [0.5, 0.6) is 5.75 Å². The number of hydrogen-bond donors (Lipinski definition) is 1. The monoisotopic (exact) mass is 267 g/mol. The first-order valence-corrected chi connectivity index (χ1v) is 7.33. The molecule has 104 valence electrons. The second-order valence-corrected chi connectivity index (χ2v) is 5.41. The SMILES string of the molecule is CCOc1ccccc1C(N)C1CC1c1ccccc1. The van der Waals surface area contributed by atoms with Crippen molar-refractivity contribution in [3.8, 4) is 5.75 Å². The van der Waals surface area contributed by atoms with Crippen LogP contribution in [-0.2, 0) is 0 Å². The van der Waals surface area contributed by atoms with Crippen molar-refractivity contribution in [3.63, 3.8) is 0 Å². The van der Waals surface area contributed by atoms with Gasteiger partial charge in [0, 0.05) is 11.6 Å². The summed E-state index contributed by atoms with van der Waals surface area (Å²) in [4.78, 5) is 0. The van der Waals surface area contributed by atoms with E-state index >= 15 is 0 Å².